The number of phenolic OH excluding ortho intramolecular Hbond substituents is 1. The van der Waals surface area contributed by atoms with Crippen LogP contribution in [0.5, 0.6) is 17.2 Å². The Balaban J connectivity index is 2.51. The summed E-state index contributed by atoms with van der Waals surface area (Å²) in [5, 5.41) is 11.3. The van der Waals surface area contributed by atoms with Crippen molar-refractivity contribution in [2.45, 2.75) is 0 Å². The van der Waals surface area contributed by atoms with Crippen molar-refractivity contribution in [2.24, 2.45) is 0 Å². The van der Waals surface area contributed by atoms with E-state index < -0.39 is 5.63 Å². The fraction of sp³-hybridized carbons (Fsp3) is 0.133. The Hall–Kier alpha value is -2.69. The molecule has 0 radical (unpaired) electrons. The van der Waals surface area contributed by atoms with Crippen LogP contribution in [0.4, 0.5) is 0 Å². The first-order valence-electron chi connectivity index (χ1n) is 5.95. The second-order valence-corrected chi connectivity index (χ2v) is 4.32. The molecule has 1 aromatic heterocycles. The normalized spacial score (nSPS) is 10.9. The molecular weight excluding hydrogens is 260 g/mol. The van der Waals surface area contributed by atoms with Crippen LogP contribution < -0.4 is 15.1 Å². The number of ether oxygens (including phenoxy) is 2. The number of fused-ring (bicyclic) bond motifs is 3. The first-order chi connectivity index (χ1) is 9.63. The molecule has 0 spiro atoms. The van der Waals surface area contributed by atoms with Crippen LogP contribution in [0.15, 0.2) is 39.5 Å². The minimum absolute atomic E-state index is 0.0421. The maximum Gasteiger partial charge on any atom is 0.344 e. The zero-order chi connectivity index (χ0) is 14.3. The van der Waals surface area contributed by atoms with Crippen LogP contribution >= 0.6 is 0 Å². The summed E-state index contributed by atoms with van der Waals surface area (Å²) in [4.78, 5) is 12.0. The minimum Gasteiger partial charge on any atom is -0.508 e. The first kappa shape index (κ1) is 12.3. The summed E-state index contributed by atoms with van der Waals surface area (Å²) in [6, 6.07) is 7.96. The molecule has 3 aromatic rings. The van der Waals surface area contributed by atoms with Crippen molar-refractivity contribution >= 4 is 21.7 Å². The average Bonchev–Trinajstić information content (AvgIpc) is 2.45. The lowest BCUT2D eigenvalue weighted by Gasteiger charge is -2.10. The Morgan fingerprint density at radius 3 is 2.25 bits per heavy atom. The fourth-order valence-electron chi connectivity index (χ4n) is 2.24. The molecule has 5 nitrogen and oxygen atoms in total. The average molecular weight is 272 g/mol. The van der Waals surface area contributed by atoms with Gasteiger partial charge in [-0.1, -0.05) is 0 Å². The SMILES string of the molecule is COc1cc2c(=O)oc3cc(O)ccc3c2cc1OC. The molecule has 102 valence electrons. The second-order valence-electron chi connectivity index (χ2n) is 4.32. The van der Waals surface area contributed by atoms with Gasteiger partial charge in [-0.05, 0) is 24.3 Å². The molecule has 0 fully saturated rings. The molecule has 0 aliphatic heterocycles. The van der Waals surface area contributed by atoms with E-state index in [1.165, 1.54) is 20.3 Å². The summed E-state index contributed by atoms with van der Waals surface area (Å²) in [5.41, 5.74) is -0.159. The van der Waals surface area contributed by atoms with Crippen LogP contribution in [-0.2, 0) is 0 Å². The van der Waals surface area contributed by atoms with Crippen molar-refractivity contribution in [3.63, 3.8) is 0 Å². The third kappa shape index (κ3) is 1.75. The number of rotatable bonds is 2. The summed E-state index contributed by atoms with van der Waals surface area (Å²) in [6.45, 7) is 0. The Bertz CT molecular complexity index is 863. The van der Waals surface area contributed by atoms with Crippen molar-refractivity contribution in [3.8, 4) is 17.2 Å². The largest absolute Gasteiger partial charge is 0.508 e. The fourth-order valence-corrected chi connectivity index (χ4v) is 2.24. The molecule has 0 unspecified atom stereocenters. The van der Waals surface area contributed by atoms with Gasteiger partial charge in [0.2, 0.25) is 0 Å². The molecule has 0 aliphatic carbocycles. The van der Waals surface area contributed by atoms with E-state index in [2.05, 4.69) is 0 Å². The highest BCUT2D eigenvalue weighted by Crippen LogP contribution is 2.34. The molecule has 0 saturated heterocycles. The summed E-state index contributed by atoms with van der Waals surface area (Å²) < 4.78 is 15.7. The van der Waals surface area contributed by atoms with Gasteiger partial charge in [0.05, 0.1) is 19.6 Å². The van der Waals surface area contributed by atoms with E-state index in [-0.39, 0.29) is 5.75 Å². The zero-order valence-electron chi connectivity index (χ0n) is 11.0. The van der Waals surface area contributed by atoms with E-state index in [0.717, 1.165) is 5.39 Å². The van der Waals surface area contributed by atoms with Crippen molar-refractivity contribution in [2.75, 3.05) is 14.2 Å². The highest BCUT2D eigenvalue weighted by atomic mass is 16.5. The lowest BCUT2D eigenvalue weighted by molar-refractivity contribution is 0.355. The van der Waals surface area contributed by atoms with Gasteiger partial charge < -0.3 is 19.0 Å². The van der Waals surface area contributed by atoms with Gasteiger partial charge in [-0.3, -0.25) is 0 Å². The molecule has 3 rings (SSSR count). The molecule has 0 aliphatic rings. The van der Waals surface area contributed by atoms with Crippen molar-refractivity contribution in [1.82, 2.24) is 0 Å². The van der Waals surface area contributed by atoms with Gasteiger partial charge in [0.1, 0.15) is 11.3 Å². The topological polar surface area (TPSA) is 68.9 Å². The highest BCUT2D eigenvalue weighted by Gasteiger charge is 2.13. The van der Waals surface area contributed by atoms with Crippen molar-refractivity contribution in [1.29, 1.82) is 0 Å². The lowest BCUT2D eigenvalue weighted by atomic mass is 10.1. The van der Waals surface area contributed by atoms with Crippen LogP contribution in [0.2, 0.25) is 0 Å². The van der Waals surface area contributed by atoms with E-state index in [9.17, 15) is 9.90 Å². The van der Waals surface area contributed by atoms with Gasteiger partial charge in [-0.15, -0.1) is 0 Å². The van der Waals surface area contributed by atoms with Gasteiger partial charge in [-0.25, -0.2) is 4.79 Å². The van der Waals surface area contributed by atoms with Gasteiger partial charge >= 0.3 is 5.63 Å². The van der Waals surface area contributed by atoms with Gasteiger partial charge in [0.25, 0.3) is 0 Å². The quantitative estimate of drug-likeness (QED) is 0.573. The van der Waals surface area contributed by atoms with Gasteiger partial charge in [0.15, 0.2) is 11.5 Å². The third-order valence-electron chi connectivity index (χ3n) is 3.20. The Kier molecular flexibility index (Phi) is 2.75. The molecule has 1 heterocycles. The number of aromatic hydroxyl groups is 1. The first-order valence-corrected chi connectivity index (χ1v) is 5.95. The monoisotopic (exact) mass is 272 g/mol. The van der Waals surface area contributed by atoms with E-state index in [0.29, 0.717) is 27.9 Å². The van der Waals surface area contributed by atoms with Gasteiger partial charge in [0, 0.05) is 16.8 Å². The van der Waals surface area contributed by atoms with Crippen molar-refractivity contribution in [3.05, 3.63) is 40.8 Å². The number of methoxy groups -OCH3 is 2. The maximum absolute atomic E-state index is 12.0. The molecule has 0 amide bonds. The molecule has 20 heavy (non-hydrogen) atoms. The van der Waals surface area contributed by atoms with Crippen molar-refractivity contribution < 1.29 is 19.0 Å². The lowest BCUT2D eigenvalue weighted by Crippen LogP contribution is -2.01. The molecule has 0 bridgehead atoms. The Morgan fingerprint density at radius 1 is 0.950 bits per heavy atom. The highest BCUT2D eigenvalue weighted by molar-refractivity contribution is 6.05. The molecule has 2 aromatic carbocycles. The molecular formula is C15H12O5. The number of phenols is 1. The Morgan fingerprint density at radius 2 is 1.60 bits per heavy atom. The predicted octanol–water partition coefficient (Wildman–Crippen LogP) is 2.67. The van der Waals surface area contributed by atoms with E-state index in [4.69, 9.17) is 13.9 Å². The number of hydrogen-bond donors (Lipinski definition) is 1. The van der Waals surface area contributed by atoms with Crippen LogP contribution in [0.1, 0.15) is 0 Å². The smallest absolute Gasteiger partial charge is 0.344 e. The predicted molar refractivity (Wildman–Crippen MR) is 74.8 cm³/mol. The maximum atomic E-state index is 12.0. The summed E-state index contributed by atoms with van der Waals surface area (Å²) in [6.07, 6.45) is 0. The summed E-state index contributed by atoms with van der Waals surface area (Å²) in [5.74, 6) is 1.03. The second kappa shape index (κ2) is 4.45. The van der Waals surface area contributed by atoms with Crippen LogP contribution in [0.3, 0.4) is 0 Å². The van der Waals surface area contributed by atoms with Crippen LogP contribution in [0, 0.1) is 0 Å². The molecule has 0 atom stereocenters. The molecule has 0 saturated carbocycles. The molecule has 5 heteroatoms. The van der Waals surface area contributed by atoms with Crippen LogP contribution in [0.25, 0.3) is 21.7 Å². The Labute approximate surface area is 114 Å². The minimum atomic E-state index is -0.487. The molecule has 1 N–H and O–H groups in total. The van der Waals surface area contributed by atoms with E-state index in [1.807, 2.05) is 0 Å². The number of benzene rings is 2. The standard InChI is InChI=1S/C15H12O5/c1-18-13-6-10-9-4-3-8(16)5-12(9)20-15(17)11(10)7-14(13)19-2/h3-7,16H,1-2H3. The summed E-state index contributed by atoms with van der Waals surface area (Å²) in [7, 11) is 3.04. The zero-order valence-corrected chi connectivity index (χ0v) is 11.0. The van der Waals surface area contributed by atoms with Crippen LogP contribution in [-0.4, -0.2) is 19.3 Å². The summed E-state index contributed by atoms with van der Waals surface area (Å²) >= 11 is 0. The van der Waals surface area contributed by atoms with Gasteiger partial charge in [-0.2, -0.15) is 0 Å². The number of hydrogen-bond acceptors (Lipinski definition) is 5. The van der Waals surface area contributed by atoms with E-state index in [1.54, 1.807) is 24.3 Å². The van der Waals surface area contributed by atoms with E-state index >= 15 is 0 Å². The third-order valence-corrected chi connectivity index (χ3v) is 3.20.